The fourth-order valence-electron chi connectivity index (χ4n) is 3.12. The number of benzene rings is 1. The number of nitrogens with one attached hydrogen (secondary N) is 1. The van der Waals surface area contributed by atoms with Crippen molar-refractivity contribution in [3.05, 3.63) is 41.2 Å². The van der Waals surface area contributed by atoms with Gasteiger partial charge in [0.2, 0.25) is 0 Å². The predicted molar refractivity (Wildman–Crippen MR) is 90.8 cm³/mol. The number of ketones is 1. The Hall–Kier alpha value is -2.40. The lowest BCUT2D eigenvalue weighted by Crippen LogP contribution is -2.11. The Kier molecular flexibility index (Phi) is 4.81. The molecule has 2 aromatic rings. The number of aldehydes is 1. The molecule has 24 heavy (non-hydrogen) atoms. The average Bonchev–Trinajstić information content (AvgIpc) is 3.20. The minimum absolute atomic E-state index is 0.0617. The van der Waals surface area contributed by atoms with Crippen LogP contribution in [0.15, 0.2) is 24.3 Å². The van der Waals surface area contributed by atoms with E-state index in [1.165, 1.54) is 6.92 Å². The zero-order valence-corrected chi connectivity index (χ0v) is 13.9. The lowest BCUT2D eigenvalue weighted by atomic mass is 9.98. The van der Waals surface area contributed by atoms with E-state index in [-0.39, 0.29) is 5.78 Å². The van der Waals surface area contributed by atoms with Crippen LogP contribution < -0.4 is 4.74 Å². The fraction of sp³-hybridized carbons (Fsp3) is 0.368. The third kappa shape index (κ3) is 3.26. The number of rotatable bonds is 6. The van der Waals surface area contributed by atoms with E-state index in [0.717, 1.165) is 37.2 Å². The Morgan fingerprint density at radius 1 is 1.38 bits per heavy atom. The van der Waals surface area contributed by atoms with Crippen LogP contribution in [-0.4, -0.2) is 36.9 Å². The Bertz CT molecular complexity index is 739. The summed E-state index contributed by atoms with van der Waals surface area (Å²) in [5.74, 6) is 1.16. The largest absolute Gasteiger partial charge is 0.493 e. The van der Waals surface area contributed by atoms with Gasteiger partial charge in [-0.15, -0.1) is 0 Å². The SMILES string of the molecule is CC(=O)c1c(C)[nH]c(C=O)c1-c1ccc(OCC2CCOC2)cc1. The van der Waals surface area contributed by atoms with Crippen LogP contribution in [0.25, 0.3) is 11.1 Å². The van der Waals surface area contributed by atoms with Gasteiger partial charge in [-0.3, -0.25) is 9.59 Å². The van der Waals surface area contributed by atoms with Crippen molar-refractivity contribution in [1.82, 2.24) is 4.98 Å². The number of aromatic nitrogens is 1. The number of aromatic amines is 1. The summed E-state index contributed by atoms with van der Waals surface area (Å²) >= 11 is 0. The summed E-state index contributed by atoms with van der Waals surface area (Å²) in [6.45, 7) is 5.51. The van der Waals surface area contributed by atoms with Gasteiger partial charge in [-0.25, -0.2) is 0 Å². The number of Topliss-reactive ketones (excluding diaryl/α,β-unsaturated/α-hetero) is 1. The molecule has 0 saturated carbocycles. The molecular weight excluding hydrogens is 306 g/mol. The number of hydrogen-bond acceptors (Lipinski definition) is 4. The third-order valence-corrected chi connectivity index (χ3v) is 4.34. The first-order valence-corrected chi connectivity index (χ1v) is 8.09. The van der Waals surface area contributed by atoms with E-state index >= 15 is 0 Å². The van der Waals surface area contributed by atoms with Crippen LogP contribution in [0.2, 0.25) is 0 Å². The van der Waals surface area contributed by atoms with Crippen molar-refractivity contribution in [3.63, 3.8) is 0 Å². The highest BCUT2D eigenvalue weighted by atomic mass is 16.5. The molecule has 1 aromatic carbocycles. The third-order valence-electron chi connectivity index (χ3n) is 4.34. The molecule has 1 fully saturated rings. The van der Waals surface area contributed by atoms with E-state index < -0.39 is 0 Å². The Morgan fingerprint density at radius 2 is 2.12 bits per heavy atom. The molecule has 1 aromatic heterocycles. The summed E-state index contributed by atoms with van der Waals surface area (Å²) in [6, 6.07) is 7.49. The molecular formula is C19H21NO4. The van der Waals surface area contributed by atoms with Crippen molar-refractivity contribution in [2.24, 2.45) is 5.92 Å². The van der Waals surface area contributed by atoms with E-state index in [9.17, 15) is 9.59 Å². The molecule has 2 heterocycles. The zero-order chi connectivity index (χ0) is 17.1. The number of ether oxygens (including phenoxy) is 2. The molecule has 5 nitrogen and oxygen atoms in total. The van der Waals surface area contributed by atoms with Crippen LogP contribution in [-0.2, 0) is 4.74 Å². The van der Waals surface area contributed by atoms with Crippen molar-refractivity contribution >= 4 is 12.1 Å². The molecule has 1 aliphatic heterocycles. The molecule has 0 amide bonds. The topological polar surface area (TPSA) is 68.4 Å². The standard InChI is InChI=1S/C19H21NO4/c1-12-18(13(2)22)19(17(9-21)20-12)15-3-5-16(6-4-15)24-11-14-7-8-23-10-14/h3-6,9,14,20H,7-8,10-11H2,1-2H3. The molecule has 1 unspecified atom stereocenters. The summed E-state index contributed by atoms with van der Waals surface area (Å²) in [4.78, 5) is 26.2. The van der Waals surface area contributed by atoms with Gasteiger partial charge in [-0.1, -0.05) is 12.1 Å². The molecule has 3 rings (SSSR count). The van der Waals surface area contributed by atoms with Crippen molar-refractivity contribution in [2.45, 2.75) is 20.3 Å². The summed E-state index contributed by atoms with van der Waals surface area (Å²) in [7, 11) is 0. The number of hydrogen-bond donors (Lipinski definition) is 1. The monoisotopic (exact) mass is 327 g/mol. The maximum Gasteiger partial charge on any atom is 0.166 e. The minimum Gasteiger partial charge on any atom is -0.493 e. The highest BCUT2D eigenvalue weighted by Gasteiger charge is 2.20. The van der Waals surface area contributed by atoms with Crippen LogP contribution in [0.5, 0.6) is 5.75 Å². The molecule has 1 saturated heterocycles. The molecule has 0 spiro atoms. The van der Waals surface area contributed by atoms with Gasteiger partial charge in [0.05, 0.1) is 18.9 Å². The number of H-pyrrole nitrogens is 1. The van der Waals surface area contributed by atoms with Gasteiger partial charge in [0.1, 0.15) is 5.75 Å². The maximum absolute atomic E-state index is 11.9. The van der Waals surface area contributed by atoms with Gasteiger partial charge < -0.3 is 14.5 Å². The summed E-state index contributed by atoms with van der Waals surface area (Å²) in [5.41, 5.74) is 3.18. The Morgan fingerprint density at radius 3 is 2.71 bits per heavy atom. The fourth-order valence-corrected chi connectivity index (χ4v) is 3.12. The predicted octanol–water partition coefficient (Wildman–Crippen LogP) is 3.42. The normalized spacial score (nSPS) is 17.0. The van der Waals surface area contributed by atoms with Crippen molar-refractivity contribution in [2.75, 3.05) is 19.8 Å². The highest BCUT2D eigenvalue weighted by molar-refractivity contribution is 6.06. The Balaban J connectivity index is 1.82. The van der Waals surface area contributed by atoms with Gasteiger partial charge >= 0.3 is 0 Å². The van der Waals surface area contributed by atoms with E-state index in [0.29, 0.717) is 35.0 Å². The molecule has 1 N–H and O–H groups in total. The molecule has 126 valence electrons. The summed E-state index contributed by atoms with van der Waals surface area (Å²) < 4.78 is 11.1. The van der Waals surface area contributed by atoms with Crippen molar-refractivity contribution in [1.29, 1.82) is 0 Å². The van der Waals surface area contributed by atoms with Crippen molar-refractivity contribution in [3.8, 4) is 16.9 Å². The van der Waals surface area contributed by atoms with E-state index in [1.807, 2.05) is 24.3 Å². The molecule has 0 aliphatic carbocycles. The molecule has 1 atom stereocenters. The number of carbonyl (C=O) groups excluding carboxylic acids is 2. The smallest absolute Gasteiger partial charge is 0.166 e. The van der Waals surface area contributed by atoms with Crippen LogP contribution in [0.3, 0.4) is 0 Å². The first kappa shape index (κ1) is 16.5. The number of aryl methyl sites for hydroxylation is 1. The van der Waals surface area contributed by atoms with Crippen LogP contribution in [0.1, 0.15) is 39.9 Å². The average molecular weight is 327 g/mol. The van der Waals surface area contributed by atoms with Gasteiger partial charge in [-0.2, -0.15) is 0 Å². The summed E-state index contributed by atoms with van der Waals surface area (Å²) in [6.07, 6.45) is 1.78. The minimum atomic E-state index is -0.0617. The molecule has 0 radical (unpaired) electrons. The van der Waals surface area contributed by atoms with Crippen LogP contribution in [0, 0.1) is 12.8 Å². The second-order valence-electron chi connectivity index (χ2n) is 6.15. The summed E-state index contributed by atoms with van der Waals surface area (Å²) in [5, 5.41) is 0. The van der Waals surface area contributed by atoms with E-state index in [4.69, 9.17) is 9.47 Å². The van der Waals surface area contributed by atoms with Crippen LogP contribution in [0.4, 0.5) is 0 Å². The second kappa shape index (κ2) is 7.01. The highest BCUT2D eigenvalue weighted by Crippen LogP contribution is 2.31. The molecule has 1 aliphatic rings. The van der Waals surface area contributed by atoms with Crippen LogP contribution >= 0.6 is 0 Å². The quantitative estimate of drug-likeness (QED) is 0.652. The van der Waals surface area contributed by atoms with Gasteiger partial charge in [0, 0.05) is 29.3 Å². The molecule has 0 bridgehead atoms. The molecule has 5 heteroatoms. The second-order valence-corrected chi connectivity index (χ2v) is 6.15. The van der Waals surface area contributed by atoms with Gasteiger partial charge in [-0.05, 0) is 38.0 Å². The number of carbonyl (C=O) groups is 2. The van der Waals surface area contributed by atoms with Crippen molar-refractivity contribution < 1.29 is 19.1 Å². The zero-order valence-electron chi connectivity index (χ0n) is 13.9. The van der Waals surface area contributed by atoms with Gasteiger partial charge in [0.15, 0.2) is 12.1 Å². The first-order valence-electron chi connectivity index (χ1n) is 8.09. The first-order chi connectivity index (χ1) is 11.6. The Labute approximate surface area is 141 Å². The van der Waals surface area contributed by atoms with E-state index in [1.54, 1.807) is 6.92 Å². The maximum atomic E-state index is 11.9. The lowest BCUT2D eigenvalue weighted by Gasteiger charge is -2.11. The van der Waals surface area contributed by atoms with Gasteiger partial charge in [0.25, 0.3) is 0 Å². The van der Waals surface area contributed by atoms with E-state index in [2.05, 4.69) is 4.98 Å². The lowest BCUT2D eigenvalue weighted by molar-refractivity contribution is 0.101.